The predicted molar refractivity (Wildman–Crippen MR) is 52.2 cm³/mol. The molecule has 14 heavy (non-hydrogen) atoms. The van der Waals surface area contributed by atoms with Crippen LogP contribution in [0.5, 0.6) is 0 Å². The first-order valence-electron chi connectivity index (χ1n) is 4.82. The van der Waals surface area contributed by atoms with Crippen LogP contribution in [-0.4, -0.2) is 24.0 Å². The number of ketones is 1. The van der Waals surface area contributed by atoms with Crippen LogP contribution in [0.3, 0.4) is 0 Å². The maximum Gasteiger partial charge on any atom is 0.170 e. The van der Waals surface area contributed by atoms with Gasteiger partial charge in [-0.3, -0.25) is 9.78 Å². The van der Waals surface area contributed by atoms with Crippen molar-refractivity contribution in [2.75, 3.05) is 13.2 Å². The minimum Gasteiger partial charge on any atom is -0.381 e. The second kappa shape index (κ2) is 3.88. The van der Waals surface area contributed by atoms with E-state index >= 15 is 0 Å². The molecular weight excluding hydrogens is 178 g/mol. The van der Waals surface area contributed by atoms with E-state index in [2.05, 4.69) is 4.98 Å². The summed E-state index contributed by atoms with van der Waals surface area (Å²) in [7, 11) is 0. The van der Waals surface area contributed by atoms with Gasteiger partial charge in [0.1, 0.15) is 0 Å². The van der Waals surface area contributed by atoms with Crippen molar-refractivity contribution in [3.05, 3.63) is 29.6 Å². The average Bonchev–Trinajstić information content (AvgIpc) is 2.70. The largest absolute Gasteiger partial charge is 0.381 e. The van der Waals surface area contributed by atoms with Gasteiger partial charge in [0.05, 0.1) is 6.61 Å². The first-order valence-corrected chi connectivity index (χ1v) is 4.82. The van der Waals surface area contributed by atoms with Crippen molar-refractivity contribution in [1.82, 2.24) is 4.98 Å². The summed E-state index contributed by atoms with van der Waals surface area (Å²) < 4.78 is 5.20. The second-order valence-corrected chi connectivity index (χ2v) is 3.56. The molecule has 1 aromatic heterocycles. The highest BCUT2D eigenvalue weighted by atomic mass is 16.5. The molecule has 1 unspecified atom stereocenters. The van der Waals surface area contributed by atoms with Crippen molar-refractivity contribution in [1.29, 1.82) is 0 Å². The molecule has 0 aliphatic carbocycles. The molecule has 1 aliphatic rings. The Hall–Kier alpha value is -1.22. The highest BCUT2D eigenvalue weighted by Gasteiger charge is 2.25. The van der Waals surface area contributed by atoms with Gasteiger partial charge in [-0.2, -0.15) is 0 Å². The Morgan fingerprint density at radius 1 is 1.64 bits per heavy atom. The Bertz CT molecular complexity index is 343. The van der Waals surface area contributed by atoms with Crippen LogP contribution < -0.4 is 0 Å². The Morgan fingerprint density at radius 3 is 3.14 bits per heavy atom. The number of hydrogen-bond acceptors (Lipinski definition) is 3. The van der Waals surface area contributed by atoms with Crippen molar-refractivity contribution < 1.29 is 9.53 Å². The van der Waals surface area contributed by atoms with Crippen molar-refractivity contribution in [3.63, 3.8) is 0 Å². The van der Waals surface area contributed by atoms with Crippen LogP contribution in [0.15, 0.2) is 18.3 Å². The molecule has 0 spiro atoms. The lowest BCUT2D eigenvalue weighted by Gasteiger charge is -2.07. The first kappa shape index (κ1) is 9.34. The minimum atomic E-state index is 0.0397. The van der Waals surface area contributed by atoms with Crippen LogP contribution >= 0.6 is 0 Å². The SMILES string of the molecule is Cc1ncccc1C(=O)C1CCOC1. The number of hydrogen-bond donors (Lipinski definition) is 0. The third-order valence-electron chi connectivity index (χ3n) is 2.57. The number of carbonyl (C=O) groups is 1. The number of carbonyl (C=O) groups excluding carboxylic acids is 1. The maximum absolute atomic E-state index is 11.9. The van der Waals surface area contributed by atoms with E-state index in [4.69, 9.17) is 4.74 Å². The molecule has 1 saturated heterocycles. The molecule has 0 bridgehead atoms. The van der Waals surface area contributed by atoms with Gasteiger partial charge < -0.3 is 4.74 Å². The van der Waals surface area contributed by atoms with E-state index in [1.807, 2.05) is 13.0 Å². The van der Waals surface area contributed by atoms with Gasteiger partial charge in [0, 0.05) is 30.0 Å². The Kier molecular flexibility index (Phi) is 2.59. The third kappa shape index (κ3) is 1.68. The summed E-state index contributed by atoms with van der Waals surface area (Å²) in [5.41, 5.74) is 1.55. The predicted octanol–water partition coefficient (Wildman–Crippen LogP) is 1.61. The van der Waals surface area contributed by atoms with Gasteiger partial charge >= 0.3 is 0 Å². The number of aryl methyl sites for hydroxylation is 1. The minimum absolute atomic E-state index is 0.0397. The van der Waals surface area contributed by atoms with Crippen LogP contribution in [0, 0.1) is 12.8 Å². The van der Waals surface area contributed by atoms with Gasteiger partial charge in [-0.05, 0) is 25.5 Å². The number of Topliss-reactive ketones (excluding diaryl/α,β-unsaturated/α-hetero) is 1. The van der Waals surface area contributed by atoms with Crippen LogP contribution in [0.1, 0.15) is 22.5 Å². The zero-order valence-corrected chi connectivity index (χ0v) is 8.19. The Morgan fingerprint density at radius 2 is 2.50 bits per heavy atom. The lowest BCUT2D eigenvalue weighted by molar-refractivity contribution is 0.0899. The van der Waals surface area contributed by atoms with E-state index in [-0.39, 0.29) is 11.7 Å². The third-order valence-corrected chi connectivity index (χ3v) is 2.57. The molecule has 2 heterocycles. The Balaban J connectivity index is 2.22. The Labute approximate surface area is 83.1 Å². The van der Waals surface area contributed by atoms with E-state index in [9.17, 15) is 4.79 Å². The van der Waals surface area contributed by atoms with Crippen molar-refractivity contribution in [2.24, 2.45) is 5.92 Å². The zero-order chi connectivity index (χ0) is 9.97. The fourth-order valence-corrected chi connectivity index (χ4v) is 1.71. The van der Waals surface area contributed by atoms with Gasteiger partial charge in [0.15, 0.2) is 5.78 Å². The van der Waals surface area contributed by atoms with Crippen LogP contribution in [0.2, 0.25) is 0 Å². The van der Waals surface area contributed by atoms with Gasteiger partial charge in [0.25, 0.3) is 0 Å². The fraction of sp³-hybridized carbons (Fsp3) is 0.455. The molecule has 0 saturated carbocycles. The van der Waals surface area contributed by atoms with E-state index in [0.29, 0.717) is 13.2 Å². The molecule has 0 N–H and O–H groups in total. The lowest BCUT2D eigenvalue weighted by atomic mass is 9.96. The van der Waals surface area contributed by atoms with Crippen LogP contribution in [0.4, 0.5) is 0 Å². The molecule has 0 amide bonds. The number of aromatic nitrogens is 1. The molecule has 1 atom stereocenters. The van der Waals surface area contributed by atoms with E-state index < -0.39 is 0 Å². The summed E-state index contributed by atoms with van der Waals surface area (Å²) in [4.78, 5) is 16.1. The average molecular weight is 191 g/mol. The molecule has 1 fully saturated rings. The first-order chi connectivity index (χ1) is 6.79. The summed E-state index contributed by atoms with van der Waals surface area (Å²) in [6.07, 6.45) is 2.55. The molecular formula is C11H13NO2. The summed E-state index contributed by atoms with van der Waals surface area (Å²) in [5.74, 6) is 0.214. The molecule has 1 aliphatic heterocycles. The van der Waals surface area contributed by atoms with Gasteiger partial charge in [-0.1, -0.05) is 0 Å². The van der Waals surface area contributed by atoms with Crippen molar-refractivity contribution >= 4 is 5.78 Å². The van der Waals surface area contributed by atoms with Crippen LogP contribution in [-0.2, 0) is 4.74 Å². The summed E-state index contributed by atoms with van der Waals surface area (Å²) >= 11 is 0. The van der Waals surface area contributed by atoms with E-state index in [1.165, 1.54) is 0 Å². The monoisotopic (exact) mass is 191 g/mol. The lowest BCUT2D eigenvalue weighted by Crippen LogP contribution is -2.16. The van der Waals surface area contributed by atoms with Crippen molar-refractivity contribution in [2.45, 2.75) is 13.3 Å². The standard InChI is InChI=1S/C11H13NO2/c1-8-10(3-2-5-12-8)11(13)9-4-6-14-7-9/h2-3,5,9H,4,6-7H2,1H3. The van der Waals surface area contributed by atoms with Gasteiger partial charge in [0.2, 0.25) is 0 Å². The molecule has 1 aromatic rings. The number of nitrogens with zero attached hydrogens (tertiary/aromatic N) is 1. The van der Waals surface area contributed by atoms with E-state index in [1.54, 1.807) is 12.3 Å². The topological polar surface area (TPSA) is 39.2 Å². The highest BCUT2D eigenvalue weighted by Crippen LogP contribution is 2.19. The zero-order valence-electron chi connectivity index (χ0n) is 8.19. The number of ether oxygens (including phenoxy) is 1. The maximum atomic E-state index is 11.9. The van der Waals surface area contributed by atoms with Crippen LogP contribution in [0.25, 0.3) is 0 Å². The summed E-state index contributed by atoms with van der Waals surface area (Å²) in [6, 6.07) is 3.64. The summed E-state index contributed by atoms with van der Waals surface area (Å²) in [6.45, 7) is 3.13. The number of rotatable bonds is 2. The molecule has 0 radical (unpaired) electrons. The van der Waals surface area contributed by atoms with Crippen molar-refractivity contribution in [3.8, 4) is 0 Å². The molecule has 2 rings (SSSR count). The normalized spacial score (nSPS) is 21.1. The molecule has 3 nitrogen and oxygen atoms in total. The molecule has 74 valence electrons. The second-order valence-electron chi connectivity index (χ2n) is 3.56. The molecule has 3 heteroatoms. The number of pyridine rings is 1. The smallest absolute Gasteiger partial charge is 0.170 e. The fourth-order valence-electron chi connectivity index (χ4n) is 1.71. The van der Waals surface area contributed by atoms with E-state index in [0.717, 1.165) is 17.7 Å². The highest BCUT2D eigenvalue weighted by molar-refractivity contribution is 5.98. The van der Waals surface area contributed by atoms with Gasteiger partial charge in [-0.25, -0.2) is 0 Å². The van der Waals surface area contributed by atoms with Gasteiger partial charge in [-0.15, -0.1) is 0 Å². The molecule has 0 aromatic carbocycles. The summed E-state index contributed by atoms with van der Waals surface area (Å²) in [5, 5.41) is 0. The quantitative estimate of drug-likeness (QED) is 0.667.